The van der Waals surface area contributed by atoms with Gasteiger partial charge in [0.1, 0.15) is 1.37 Å². The third-order valence-electron chi connectivity index (χ3n) is 4.31. The Morgan fingerprint density at radius 3 is 0.310 bits per heavy atom. The predicted octanol–water partition coefficient (Wildman–Crippen LogP) is 0.755. The molecule has 0 aliphatic rings. The smallest absolute Gasteiger partial charge is 0.106 e. The lowest BCUT2D eigenvalue weighted by Crippen LogP contribution is -1.57. The molecule has 0 spiro atoms. The highest BCUT2D eigenvalue weighted by Crippen LogP contribution is 1.64. The standard InChI is InChI=1S/C71H4/c1-3-5-7-9-11-13-15-17-19-21-23-25-27-29-31-33-35-37-39-41-43-45-47-49-51-53-55-57-59-61-63-65-67-69-71-70-68-66-64-62-60-58-56-54-52-50-48-46-44-42-40-38-36-34-32-30-28-26-24-22-20-18-16-14-12-10-8-6-4-2/h1H,2H3/i1T. The van der Waals surface area contributed by atoms with Crippen LogP contribution >= 0.6 is 0 Å². The van der Waals surface area contributed by atoms with Crippen molar-refractivity contribution in [2.75, 3.05) is 0 Å². The summed E-state index contributed by atoms with van der Waals surface area (Å²) in [4.78, 5) is 0. The molecule has 0 heteroatoms. The molecule has 0 radical (unpaired) electrons. The fraction of sp³-hybridized carbons (Fsp3) is 0.0141. The van der Waals surface area contributed by atoms with Crippen LogP contribution in [-0.2, 0) is 0 Å². The van der Waals surface area contributed by atoms with Crippen molar-refractivity contribution < 1.29 is 1.37 Å². The lowest BCUT2D eigenvalue weighted by molar-refractivity contribution is 1.92. The summed E-state index contributed by atoms with van der Waals surface area (Å²) in [6.45, 7) is 1.68. The Morgan fingerprint density at radius 2 is 0.225 bits per heavy atom. The first kappa shape index (κ1) is 53.6. The van der Waals surface area contributed by atoms with Crippen molar-refractivity contribution in [3.63, 3.8) is 0 Å². The van der Waals surface area contributed by atoms with Crippen molar-refractivity contribution in [3.05, 3.63) is 0 Å². The van der Waals surface area contributed by atoms with Gasteiger partial charge in [0.15, 0.2) is 0 Å². The summed E-state index contributed by atoms with van der Waals surface area (Å²) in [6.07, 6.45) is 1.88. The third-order valence-corrected chi connectivity index (χ3v) is 4.31. The number of rotatable bonds is 0. The average molecular weight is 859 g/mol. The van der Waals surface area contributed by atoms with E-state index < -0.39 is 0 Å². The van der Waals surface area contributed by atoms with E-state index in [2.05, 4.69) is 409 Å². The van der Waals surface area contributed by atoms with Crippen LogP contribution in [-0.4, -0.2) is 0 Å². The molecule has 0 aliphatic carbocycles. The van der Waals surface area contributed by atoms with Gasteiger partial charge in [-0.25, -0.2) is 0 Å². The molecular formula is C71H4. The van der Waals surface area contributed by atoms with Crippen LogP contribution in [0.15, 0.2) is 0 Å². The summed E-state index contributed by atoms with van der Waals surface area (Å²) in [5, 5.41) is 0. The van der Waals surface area contributed by atoms with Gasteiger partial charge in [-0.3, -0.25) is 0 Å². The molecule has 0 bridgehead atoms. The number of hydrogen-bond acceptors (Lipinski definition) is 0. The van der Waals surface area contributed by atoms with Gasteiger partial charge in [0.05, 0.1) is 0 Å². The Bertz CT molecular complexity index is 4420. The van der Waals surface area contributed by atoms with Crippen molar-refractivity contribution in [2.24, 2.45) is 0 Å². The summed E-state index contributed by atoms with van der Waals surface area (Å²) < 4.78 is 6.58. The largest absolute Gasteiger partial charge is 0.125 e. The lowest BCUT2D eigenvalue weighted by Gasteiger charge is -1.58. The van der Waals surface area contributed by atoms with Gasteiger partial charge in [-0.2, -0.15) is 0 Å². The maximum Gasteiger partial charge on any atom is 0.125 e. The van der Waals surface area contributed by atoms with Gasteiger partial charge in [-0.05, 0) is 102 Å². The minimum absolute atomic E-state index is 1.68. The van der Waals surface area contributed by atoms with Gasteiger partial charge >= 0.3 is 0 Å². The second-order valence-electron chi connectivity index (χ2n) is 8.75. The van der Waals surface area contributed by atoms with Crippen LogP contribution in [0.25, 0.3) is 0 Å². The molecular weight excluding hydrogens is 853 g/mol. The minimum atomic E-state index is 1.68. The van der Waals surface area contributed by atoms with Crippen LogP contribution in [0.3, 0.4) is 0 Å². The molecule has 0 atom stereocenters. The maximum atomic E-state index is 6.58. The lowest BCUT2D eigenvalue weighted by atomic mass is 10.4. The highest BCUT2D eigenvalue weighted by atomic mass is 13.7. The second kappa shape index (κ2) is 54.6. The summed E-state index contributed by atoms with van der Waals surface area (Å²) in [7, 11) is 0. The summed E-state index contributed by atoms with van der Waals surface area (Å²) in [6, 6.07) is 0. The number of terminal acetylenes is 1. The average Bonchev–Trinajstić information content (AvgIpc) is 3.39. The quantitative estimate of drug-likeness (QED) is 0.316. The van der Waals surface area contributed by atoms with Crippen molar-refractivity contribution in [1.29, 1.82) is 0 Å². The monoisotopic (exact) mass is 858 g/mol. The van der Waals surface area contributed by atoms with Crippen LogP contribution in [0.5, 0.6) is 0 Å². The molecule has 288 valence electrons. The molecule has 0 N–H and O–H groups in total. The first-order valence-electron chi connectivity index (χ1n) is 18.2. The molecule has 0 amide bonds. The molecule has 0 aliphatic heterocycles. The topological polar surface area (TPSA) is 0 Å². The van der Waals surface area contributed by atoms with Crippen LogP contribution in [0.4, 0.5) is 0 Å². The molecule has 0 aromatic carbocycles. The summed E-state index contributed by atoms with van der Waals surface area (Å²) >= 11 is 0. The van der Waals surface area contributed by atoms with Gasteiger partial charge < -0.3 is 0 Å². The van der Waals surface area contributed by atoms with Crippen LogP contribution < -0.4 is 0 Å². The normalized spacial score (nSPS) is 4.04. The molecule has 0 saturated carbocycles. The van der Waals surface area contributed by atoms with E-state index in [1.54, 1.807) is 6.92 Å². The van der Waals surface area contributed by atoms with E-state index in [1.165, 1.54) is 0 Å². The molecule has 0 unspecified atom stereocenters. The molecule has 0 saturated heterocycles. The molecule has 0 nitrogen and oxygen atoms in total. The first-order valence-corrected chi connectivity index (χ1v) is 17.8. The van der Waals surface area contributed by atoms with Crippen LogP contribution in [0.2, 0.25) is 0 Å². The molecule has 0 fully saturated rings. The van der Waals surface area contributed by atoms with Crippen LogP contribution in [0, 0.1) is 415 Å². The van der Waals surface area contributed by atoms with Crippen molar-refractivity contribution in [1.82, 2.24) is 0 Å². The van der Waals surface area contributed by atoms with Gasteiger partial charge in [-0.1, -0.05) is 5.92 Å². The first-order chi connectivity index (χ1) is 35.9. The zero-order valence-electron chi connectivity index (χ0n) is 37.0. The van der Waals surface area contributed by atoms with Crippen LogP contribution in [0.1, 0.15) is 8.29 Å². The van der Waals surface area contributed by atoms with E-state index >= 15 is 0 Å². The summed E-state index contributed by atoms with van der Waals surface area (Å²) in [5.41, 5.74) is 0. The maximum absolute atomic E-state index is 6.58. The van der Waals surface area contributed by atoms with E-state index in [0.717, 1.165) is 0 Å². The van der Waals surface area contributed by atoms with Gasteiger partial charge in [-0.15, -0.1) is 6.40 Å². The van der Waals surface area contributed by atoms with Gasteiger partial charge in [0, 0.05) is 308 Å². The zero-order valence-corrected chi connectivity index (χ0v) is 36.0. The van der Waals surface area contributed by atoms with Crippen molar-refractivity contribution in [2.45, 2.75) is 6.92 Å². The van der Waals surface area contributed by atoms with Crippen molar-refractivity contribution in [3.8, 4) is 415 Å². The van der Waals surface area contributed by atoms with E-state index in [1.807, 2.05) is 6.40 Å². The highest BCUT2D eigenvalue weighted by molar-refractivity contribution is 5.53. The van der Waals surface area contributed by atoms with E-state index in [0.29, 0.717) is 0 Å². The van der Waals surface area contributed by atoms with Gasteiger partial charge in [0.25, 0.3) is 0 Å². The number of hydrogen-bond donors (Lipinski definition) is 0. The highest BCUT2D eigenvalue weighted by Gasteiger charge is 1.64. The Morgan fingerprint density at radius 1 is 0.141 bits per heavy atom. The Kier molecular flexibility index (Phi) is 41.2. The molecule has 0 heterocycles. The van der Waals surface area contributed by atoms with E-state index in [-0.39, 0.29) is 0 Å². The Labute approximate surface area is 421 Å². The zero-order chi connectivity index (χ0) is 51.5. The molecule has 0 aromatic rings. The second-order valence-corrected chi connectivity index (χ2v) is 8.75. The molecule has 0 aromatic heterocycles. The molecule has 71 heavy (non-hydrogen) atoms. The SMILES string of the molecule is [3H]C#CC#CC#CC#CC#CC#CC#CC#CC#CC#CC#CC#CC#CC#CC#CC#CC#CC#CC#CC#CC#CC#CC#CC#CC#CC#CC#CC#CC#CC#CC#CC#CC#CC#CC#CC. The summed E-state index contributed by atoms with van der Waals surface area (Å²) in [5.74, 6) is 172. The molecule has 0 rings (SSSR count). The van der Waals surface area contributed by atoms with E-state index in [9.17, 15) is 0 Å². The fourth-order valence-corrected chi connectivity index (χ4v) is 2.12. The van der Waals surface area contributed by atoms with Gasteiger partial charge in [0.2, 0.25) is 0 Å². The van der Waals surface area contributed by atoms with Crippen molar-refractivity contribution >= 4 is 0 Å². The minimum Gasteiger partial charge on any atom is -0.106 e. The Hall–Kier alpha value is -15.4. The third kappa shape index (κ3) is 54.6. The fourth-order valence-electron chi connectivity index (χ4n) is 2.12. The van der Waals surface area contributed by atoms with E-state index in [4.69, 9.17) is 1.37 Å². The Balaban J connectivity index is 4.61. The predicted molar refractivity (Wildman–Crippen MR) is 279 cm³/mol.